The Morgan fingerprint density at radius 1 is 1.40 bits per heavy atom. The van der Waals surface area contributed by atoms with Crippen molar-refractivity contribution >= 4 is 0 Å². The van der Waals surface area contributed by atoms with Gasteiger partial charge in [-0.15, -0.1) is 0 Å². The summed E-state index contributed by atoms with van der Waals surface area (Å²) in [5.74, 6) is 0.250. The van der Waals surface area contributed by atoms with Crippen LogP contribution in [0.1, 0.15) is 40.5 Å². The summed E-state index contributed by atoms with van der Waals surface area (Å²) in [4.78, 5) is 0. The van der Waals surface area contributed by atoms with Crippen molar-refractivity contribution in [2.75, 3.05) is 0 Å². The lowest BCUT2D eigenvalue weighted by Crippen LogP contribution is -2.11. The third-order valence-electron chi connectivity index (χ3n) is 1.53. The molecule has 1 atom stereocenters. The molecule has 0 rings (SSSR count). The summed E-state index contributed by atoms with van der Waals surface area (Å²) in [6, 6.07) is 2.31. The Kier molecular flexibility index (Phi) is 3.42. The molecule has 10 heavy (non-hydrogen) atoms. The molecule has 0 aliphatic rings. The number of hydrogen-bond donors (Lipinski definition) is 0. The van der Waals surface area contributed by atoms with Crippen LogP contribution in [0.2, 0.25) is 0 Å². The lowest BCUT2D eigenvalue weighted by Gasteiger charge is -2.20. The Bertz CT molecular complexity index is 125. The maximum absolute atomic E-state index is 8.64. The van der Waals surface area contributed by atoms with Gasteiger partial charge in [0.05, 0.1) is 6.07 Å². The van der Waals surface area contributed by atoms with Gasteiger partial charge in [0, 0.05) is 5.92 Å². The van der Waals surface area contributed by atoms with Gasteiger partial charge in [-0.25, -0.2) is 0 Å². The molecule has 0 aromatic rings. The molecule has 0 amide bonds. The minimum Gasteiger partial charge on any atom is -0.198 e. The fourth-order valence-corrected chi connectivity index (χ4v) is 1.02. The number of nitriles is 1. The van der Waals surface area contributed by atoms with Crippen LogP contribution in [0.25, 0.3) is 0 Å². The predicted molar refractivity (Wildman–Crippen MR) is 43.5 cm³/mol. The van der Waals surface area contributed by atoms with E-state index in [1.54, 1.807) is 0 Å². The van der Waals surface area contributed by atoms with Crippen molar-refractivity contribution in [1.29, 1.82) is 5.26 Å². The summed E-state index contributed by atoms with van der Waals surface area (Å²) in [5.41, 5.74) is 0.302. The fourth-order valence-electron chi connectivity index (χ4n) is 1.02. The Morgan fingerprint density at radius 2 is 1.90 bits per heavy atom. The summed E-state index contributed by atoms with van der Waals surface area (Å²) in [6.45, 7) is 8.59. The largest absolute Gasteiger partial charge is 0.198 e. The second kappa shape index (κ2) is 3.61. The van der Waals surface area contributed by atoms with Crippen molar-refractivity contribution in [3.8, 4) is 6.07 Å². The standard InChI is InChI=1S/C9H17N/c1-5-8(7-10)6-9(2,3)4/h8H,5-6H2,1-4H3. The van der Waals surface area contributed by atoms with E-state index in [0.717, 1.165) is 12.8 Å². The van der Waals surface area contributed by atoms with Gasteiger partial charge in [-0.05, 0) is 18.3 Å². The zero-order valence-electron chi connectivity index (χ0n) is 7.44. The van der Waals surface area contributed by atoms with Crippen molar-refractivity contribution in [2.24, 2.45) is 11.3 Å². The molecule has 0 aromatic carbocycles. The van der Waals surface area contributed by atoms with Gasteiger partial charge < -0.3 is 0 Å². The van der Waals surface area contributed by atoms with Gasteiger partial charge in [-0.1, -0.05) is 27.7 Å². The second-order valence-electron chi connectivity index (χ2n) is 4.00. The molecular weight excluding hydrogens is 122 g/mol. The summed E-state index contributed by atoms with van der Waals surface area (Å²) < 4.78 is 0. The molecule has 0 aliphatic heterocycles. The Morgan fingerprint density at radius 3 is 2.00 bits per heavy atom. The highest BCUT2D eigenvalue weighted by molar-refractivity contribution is 4.84. The molecule has 0 fully saturated rings. The van der Waals surface area contributed by atoms with Crippen LogP contribution < -0.4 is 0 Å². The highest BCUT2D eigenvalue weighted by Gasteiger charge is 2.16. The second-order valence-corrected chi connectivity index (χ2v) is 4.00. The lowest BCUT2D eigenvalue weighted by molar-refractivity contribution is 0.325. The van der Waals surface area contributed by atoms with Crippen molar-refractivity contribution in [3.05, 3.63) is 0 Å². The molecule has 1 nitrogen and oxygen atoms in total. The summed E-state index contributed by atoms with van der Waals surface area (Å²) in [6.07, 6.45) is 1.99. The molecule has 1 heteroatoms. The predicted octanol–water partition coefficient (Wildman–Crippen LogP) is 2.97. The average molecular weight is 139 g/mol. The van der Waals surface area contributed by atoms with Crippen LogP contribution in [0.4, 0.5) is 0 Å². The van der Waals surface area contributed by atoms with E-state index in [1.807, 2.05) is 0 Å². The highest BCUT2D eigenvalue weighted by atomic mass is 14.3. The van der Waals surface area contributed by atoms with Crippen molar-refractivity contribution in [3.63, 3.8) is 0 Å². The SMILES string of the molecule is CCC(C#N)CC(C)(C)C. The van der Waals surface area contributed by atoms with Crippen molar-refractivity contribution in [1.82, 2.24) is 0 Å². The molecule has 1 unspecified atom stereocenters. The first-order valence-corrected chi connectivity index (χ1v) is 3.89. The first-order valence-electron chi connectivity index (χ1n) is 3.89. The van der Waals surface area contributed by atoms with Gasteiger partial charge in [-0.2, -0.15) is 5.26 Å². The third kappa shape index (κ3) is 4.38. The van der Waals surface area contributed by atoms with Crippen molar-refractivity contribution in [2.45, 2.75) is 40.5 Å². The molecule has 0 radical (unpaired) electrons. The molecule has 0 heterocycles. The molecule has 0 N–H and O–H groups in total. The first-order chi connectivity index (χ1) is 4.49. The molecule has 58 valence electrons. The van der Waals surface area contributed by atoms with E-state index in [9.17, 15) is 0 Å². The Labute approximate surface area is 64.1 Å². The number of nitrogens with zero attached hydrogens (tertiary/aromatic N) is 1. The van der Waals surface area contributed by atoms with Crippen molar-refractivity contribution < 1.29 is 0 Å². The third-order valence-corrected chi connectivity index (χ3v) is 1.53. The van der Waals surface area contributed by atoms with Crippen LogP contribution in [0.5, 0.6) is 0 Å². The molecule has 0 aromatic heterocycles. The minimum atomic E-state index is 0.250. The van der Waals surface area contributed by atoms with Crippen LogP contribution >= 0.6 is 0 Å². The zero-order chi connectivity index (χ0) is 8.20. The minimum absolute atomic E-state index is 0.250. The lowest BCUT2D eigenvalue weighted by atomic mass is 9.84. The molecular formula is C9H17N. The molecule has 0 aliphatic carbocycles. The summed E-state index contributed by atoms with van der Waals surface area (Å²) in [5, 5.41) is 8.64. The maximum Gasteiger partial charge on any atom is 0.0655 e. The van der Waals surface area contributed by atoms with E-state index in [2.05, 4.69) is 33.8 Å². The number of hydrogen-bond acceptors (Lipinski definition) is 1. The van der Waals surface area contributed by atoms with E-state index in [0.29, 0.717) is 5.41 Å². The van der Waals surface area contributed by atoms with Crippen LogP contribution in [0, 0.1) is 22.7 Å². The average Bonchev–Trinajstić information content (AvgIpc) is 1.81. The molecule has 0 saturated carbocycles. The zero-order valence-corrected chi connectivity index (χ0v) is 7.44. The van der Waals surface area contributed by atoms with E-state index in [4.69, 9.17) is 5.26 Å². The monoisotopic (exact) mass is 139 g/mol. The summed E-state index contributed by atoms with van der Waals surface area (Å²) >= 11 is 0. The van der Waals surface area contributed by atoms with Gasteiger partial charge in [0.2, 0.25) is 0 Å². The topological polar surface area (TPSA) is 23.8 Å². The first kappa shape index (κ1) is 9.49. The van der Waals surface area contributed by atoms with E-state index in [-0.39, 0.29) is 5.92 Å². The fraction of sp³-hybridized carbons (Fsp3) is 0.889. The summed E-state index contributed by atoms with van der Waals surface area (Å²) in [7, 11) is 0. The van der Waals surface area contributed by atoms with E-state index < -0.39 is 0 Å². The maximum atomic E-state index is 8.64. The van der Waals surface area contributed by atoms with E-state index >= 15 is 0 Å². The molecule has 0 bridgehead atoms. The Hall–Kier alpha value is -0.510. The van der Waals surface area contributed by atoms with Gasteiger partial charge in [0.15, 0.2) is 0 Å². The van der Waals surface area contributed by atoms with Crippen LogP contribution in [0.3, 0.4) is 0 Å². The van der Waals surface area contributed by atoms with Crippen LogP contribution in [-0.2, 0) is 0 Å². The highest BCUT2D eigenvalue weighted by Crippen LogP contribution is 2.25. The molecule has 0 saturated heterocycles. The van der Waals surface area contributed by atoms with Crippen LogP contribution in [0.15, 0.2) is 0 Å². The normalized spacial score (nSPS) is 14.3. The smallest absolute Gasteiger partial charge is 0.0655 e. The van der Waals surface area contributed by atoms with Gasteiger partial charge >= 0.3 is 0 Å². The van der Waals surface area contributed by atoms with Gasteiger partial charge in [-0.3, -0.25) is 0 Å². The van der Waals surface area contributed by atoms with Gasteiger partial charge in [0.1, 0.15) is 0 Å². The number of rotatable bonds is 2. The van der Waals surface area contributed by atoms with E-state index in [1.165, 1.54) is 0 Å². The van der Waals surface area contributed by atoms with Gasteiger partial charge in [0.25, 0.3) is 0 Å². The molecule has 0 spiro atoms. The quantitative estimate of drug-likeness (QED) is 0.577. The Balaban J connectivity index is 3.78. The van der Waals surface area contributed by atoms with Crippen LogP contribution in [-0.4, -0.2) is 0 Å².